The molecule has 3 heteroatoms. The molecule has 2 rings (SSSR count). The molecule has 0 saturated heterocycles. The Hall–Kier alpha value is -1.90. The number of aryl methyl sites for hydroxylation is 2. The van der Waals surface area contributed by atoms with Crippen molar-refractivity contribution in [2.45, 2.75) is 33.2 Å². The highest BCUT2D eigenvalue weighted by atomic mass is 16.1. The summed E-state index contributed by atoms with van der Waals surface area (Å²) in [6.45, 7) is 4.79. The second-order valence-corrected chi connectivity index (χ2v) is 4.28. The Bertz CT molecular complexity index is 529. The molecule has 0 amide bonds. The Balaban J connectivity index is 2.20. The van der Waals surface area contributed by atoms with Crippen LogP contribution in [0.4, 0.5) is 0 Å². The number of Topliss-reactive ketones (excluding diaryl/α,β-unsaturated/α-hetero) is 1. The number of benzene rings is 1. The zero-order valence-electron chi connectivity index (χ0n) is 10.9. The number of rotatable bonds is 5. The van der Waals surface area contributed by atoms with Crippen molar-refractivity contribution in [3.8, 4) is 0 Å². The van der Waals surface area contributed by atoms with E-state index in [4.69, 9.17) is 0 Å². The van der Waals surface area contributed by atoms with Gasteiger partial charge in [-0.05, 0) is 25.0 Å². The van der Waals surface area contributed by atoms with Crippen LogP contribution in [0.2, 0.25) is 0 Å². The van der Waals surface area contributed by atoms with Crippen molar-refractivity contribution in [1.29, 1.82) is 0 Å². The molecule has 0 N–H and O–H groups in total. The summed E-state index contributed by atoms with van der Waals surface area (Å²) >= 11 is 0. The Morgan fingerprint density at radius 3 is 2.56 bits per heavy atom. The highest BCUT2D eigenvalue weighted by Gasteiger charge is 2.14. The summed E-state index contributed by atoms with van der Waals surface area (Å²) in [5.74, 6) is 0.134. The minimum absolute atomic E-state index is 0.134. The van der Waals surface area contributed by atoms with Gasteiger partial charge in [0, 0.05) is 13.0 Å². The van der Waals surface area contributed by atoms with Crippen LogP contribution in [0.25, 0.3) is 0 Å². The van der Waals surface area contributed by atoms with Gasteiger partial charge >= 0.3 is 0 Å². The largest absolute Gasteiger partial charge is 0.292 e. The van der Waals surface area contributed by atoms with Crippen molar-refractivity contribution in [3.05, 3.63) is 53.3 Å². The number of hydrogen-bond donors (Lipinski definition) is 0. The van der Waals surface area contributed by atoms with Crippen LogP contribution in [-0.4, -0.2) is 15.6 Å². The van der Waals surface area contributed by atoms with Crippen molar-refractivity contribution in [3.63, 3.8) is 0 Å². The lowest BCUT2D eigenvalue weighted by Crippen LogP contribution is -2.11. The summed E-state index contributed by atoms with van der Waals surface area (Å²) in [7, 11) is 0. The normalized spacial score (nSPS) is 10.6. The smallest absolute Gasteiger partial charge is 0.185 e. The number of nitrogens with zero attached hydrogens (tertiary/aromatic N) is 2. The van der Waals surface area contributed by atoms with Crippen molar-refractivity contribution < 1.29 is 4.79 Å². The SMILES string of the molecule is CCc1cc(C(=O)Cc2ccccc2)n(CC)n1. The molecule has 0 atom stereocenters. The van der Waals surface area contributed by atoms with E-state index in [0.717, 1.165) is 29.9 Å². The van der Waals surface area contributed by atoms with Crippen LogP contribution in [0, 0.1) is 0 Å². The molecule has 0 radical (unpaired) electrons. The molecule has 1 aromatic heterocycles. The molecule has 1 aromatic carbocycles. The van der Waals surface area contributed by atoms with E-state index in [1.165, 1.54) is 0 Å². The van der Waals surface area contributed by atoms with Gasteiger partial charge in [-0.25, -0.2) is 0 Å². The summed E-state index contributed by atoms with van der Waals surface area (Å²) in [5.41, 5.74) is 2.75. The first-order valence-corrected chi connectivity index (χ1v) is 6.38. The predicted octanol–water partition coefficient (Wildman–Crippen LogP) is 2.89. The van der Waals surface area contributed by atoms with Gasteiger partial charge in [-0.1, -0.05) is 37.3 Å². The third-order valence-corrected chi connectivity index (χ3v) is 2.99. The Labute approximate surface area is 107 Å². The lowest BCUT2D eigenvalue weighted by atomic mass is 10.1. The summed E-state index contributed by atoms with van der Waals surface area (Å²) in [4.78, 5) is 12.3. The van der Waals surface area contributed by atoms with E-state index in [9.17, 15) is 4.79 Å². The van der Waals surface area contributed by atoms with Crippen LogP contribution in [-0.2, 0) is 19.4 Å². The van der Waals surface area contributed by atoms with Gasteiger partial charge in [0.25, 0.3) is 0 Å². The summed E-state index contributed by atoms with van der Waals surface area (Å²) in [6, 6.07) is 11.7. The lowest BCUT2D eigenvalue weighted by molar-refractivity contribution is 0.0983. The van der Waals surface area contributed by atoms with Crippen LogP contribution in [0.15, 0.2) is 36.4 Å². The first-order chi connectivity index (χ1) is 8.74. The van der Waals surface area contributed by atoms with Crippen LogP contribution >= 0.6 is 0 Å². The number of ketones is 1. The fourth-order valence-corrected chi connectivity index (χ4v) is 1.98. The van der Waals surface area contributed by atoms with Gasteiger partial charge in [0.2, 0.25) is 0 Å². The quantitative estimate of drug-likeness (QED) is 0.756. The third kappa shape index (κ3) is 2.67. The molecule has 0 aliphatic heterocycles. The first-order valence-electron chi connectivity index (χ1n) is 6.38. The number of hydrogen-bond acceptors (Lipinski definition) is 2. The summed E-state index contributed by atoms with van der Waals surface area (Å²) in [6.07, 6.45) is 1.30. The second kappa shape index (κ2) is 5.63. The maximum absolute atomic E-state index is 12.3. The van der Waals surface area contributed by atoms with Crippen molar-refractivity contribution in [2.24, 2.45) is 0 Å². The van der Waals surface area contributed by atoms with Crippen molar-refractivity contribution in [2.75, 3.05) is 0 Å². The monoisotopic (exact) mass is 242 g/mol. The molecule has 0 fully saturated rings. The highest BCUT2D eigenvalue weighted by Crippen LogP contribution is 2.10. The standard InChI is InChI=1S/C15H18N2O/c1-3-13-11-14(17(4-2)16-13)15(18)10-12-8-6-5-7-9-12/h5-9,11H,3-4,10H2,1-2H3. The van der Waals surface area contributed by atoms with Gasteiger partial charge in [-0.3, -0.25) is 9.48 Å². The molecular formula is C15H18N2O. The van der Waals surface area contributed by atoms with Gasteiger partial charge in [0.15, 0.2) is 5.78 Å². The molecule has 18 heavy (non-hydrogen) atoms. The highest BCUT2D eigenvalue weighted by molar-refractivity contribution is 5.96. The Morgan fingerprint density at radius 2 is 1.94 bits per heavy atom. The fraction of sp³-hybridized carbons (Fsp3) is 0.333. The van der Waals surface area contributed by atoms with Gasteiger partial charge in [0.1, 0.15) is 5.69 Å². The van der Waals surface area contributed by atoms with Crippen LogP contribution < -0.4 is 0 Å². The van der Waals surface area contributed by atoms with Crippen molar-refractivity contribution >= 4 is 5.78 Å². The average molecular weight is 242 g/mol. The molecule has 94 valence electrons. The van der Waals surface area contributed by atoms with E-state index in [-0.39, 0.29) is 5.78 Å². The van der Waals surface area contributed by atoms with E-state index < -0.39 is 0 Å². The molecule has 0 aliphatic rings. The molecule has 0 bridgehead atoms. The van der Waals surface area contributed by atoms with Crippen molar-refractivity contribution in [1.82, 2.24) is 9.78 Å². The number of carbonyl (C=O) groups is 1. The molecule has 1 heterocycles. The van der Waals surface area contributed by atoms with Gasteiger partial charge in [-0.15, -0.1) is 0 Å². The molecule has 0 spiro atoms. The third-order valence-electron chi connectivity index (χ3n) is 2.99. The predicted molar refractivity (Wildman–Crippen MR) is 71.8 cm³/mol. The Morgan fingerprint density at radius 1 is 1.22 bits per heavy atom. The molecule has 0 aliphatic carbocycles. The zero-order chi connectivity index (χ0) is 13.0. The minimum atomic E-state index is 0.134. The van der Waals surface area contributed by atoms with Gasteiger partial charge in [-0.2, -0.15) is 5.10 Å². The number of carbonyl (C=O) groups excluding carboxylic acids is 1. The lowest BCUT2D eigenvalue weighted by Gasteiger charge is -2.03. The second-order valence-electron chi connectivity index (χ2n) is 4.28. The van der Waals surface area contributed by atoms with Crippen LogP contribution in [0.3, 0.4) is 0 Å². The fourth-order valence-electron chi connectivity index (χ4n) is 1.98. The molecule has 0 saturated carbocycles. The first kappa shape index (κ1) is 12.6. The summed E-state index contributed by atoms with van der Waals surface area (Å²) < 4.78 is 1.80. The average Bonchev–Trinajstić information content (AvgIpc) is 2.83. The van der Waals surface area contributed by atoms with Gasteiger partial charge < -0.3 is 0 Å². The zero-order valence-corrected chi connectivity index (χ0v) is 10.9. The van der Waals surface area contributed by atoms with E-state index in [0.29, 0.717) is 6.42 Å². The summed E-state index contributed by atoms with van der Waals surface area (Å²) in [5, 5.41) is 4.41. The topological polar surface area (TPSA) is 34.9 Å². The van der Waals surface area contributed by atoms with Gasteiger partial charge in [0.05, 0.1) is 5.69 Å². The minimum Gasteiger partial charge on any atom is -0.292 e. The Kier molecular flexibility index (Phi) is 3.92. The van der Waals surface area contributed by atoms with E-state index in [1.807, 2.05) is 50.2 Å². The molecule has 3 nitrogen and oxygen atoms in total. The maximum atomic E-state index is 12.3. The number of aromatic nitrogens is 2. The van der Waals surface area contributed by atoms with Crippen LogP contribution in [0.1, 0.15) is 35.6 Å². The van der Waals surface area contributed by atoms with Crippen LogP contribution in [0.5, 0.6) is 0 Å². The van der Waals surface area contributed by atoms with E-state index >= 15 is 0 Å². The molecule has 2 aromatic rings. The maximum Gasteiger partial charge on any atom is 0.185 e. The van der Waals surface area contributed by atoms with E-state index in [1.54, 1.807) is 4.68 Å². The molecular weight excluding hydrogens is 224 g/mol. The van der Waals surface area contributed by atoms with E-state index in [2.05, 4.69) is 5.10 Å². The molecule has 0 unspecified atom stereocenters.